The number of nitrogens with one attached hydrogen (secondary N) is 1. The van der Waals surface area contributed by atoms with Crippen LogP contribution < -0.4 is 14.8 Å². The van der Waals surface area contributed by atoms with Gasteiger partial charge in [0.05, 0.1) is 7.11 Å². The Morgan fingerprint density at radius 1 is 1.44 bits per heavy atom. The lowest BCUT2D eigenvalue weighted by Gasteiger charge is -2.24. The second kappa shape index (κ2) is 5.07. The van der Waals surface area contributed by atoms with E-state index in [-0.39, 0.29) is 11.9 Å². The number of piperidine rings is 1. The van der Waals surface area contributed by atoms with Crippen LogP contribution in [0.2, 0.25) is 0 Å². The van der Waals surface area contributed by atoms with Crippen LogP contribution in [0.25, 0.3) is 0 Å². The number of rotatable bonds is 3. The highest BCUT2D eigenvalue weighted by atomic mass is 16.5. The van der Waals surface area contributed by atoms with Crippen LogP contribution in [0.15, 0.2) is 18.2 Å². The Balaban J connectivity index is 2.10. The normalized spacial score (nSPS) is 20.4. The van der Waals surface area contributed by atoms with Crippen molar-refractivity contribution in [2.24, 2.45) is 0 Å². The van der Waals surface area contributed by atoms with E-state index in [1.165, 1.54) is 7.11 Å². The number of phenols is 1. The third kappa shape index (κ3) is 2.39. The van der Waals surface area contributed by atoms with Crippen molar-refractivity contribution in [1.29, 1.82) is 0 Å². The summed E-state index contributed by atoms with van der Waals surface area (Å²) in [6.45, 7) is 1.90. The molecule has 2 rings (SSSR count). The standard InChI is InChI=1S/C12H17NO3/c1-15-12-10(14)5-2-6-11(12)16-9-4-3-7-13-8-9/h2,5-6,9,13-14H,3-4,7-8H2,1H3. The molecular weight excluding hydrogens is 206 g/mol. The highest BCUT2D eigenvalue weighted by Gasteiger charge is 2.17. The van der Waals surface area contributed by atoms with Gasteiger partial charge in [-0.1, -0.05) is 6.07 Å². The van der Waals surface area contributed by atoms with Gasteiger partial charge in [0.2, 0.25) is 5.75 Å². The van der Waals surface area contributed by atoms with E-state index in [9.17, 15) is 5.11 Å². The minimum absolute atomic E-state index is 0.115. The number of benzene rings is 1. The molecule has 1 saturated heterocycles. The fourth-order valence-electron chi connectivity index (χ4n) is 1.90. The first-order valence-electron chi connectivity index (χ1n) is 5.54. The van der Waals surface area contributed by atoms with Gasteiger partial charge in [-0.15, -0.1) is 0 Å². The van der Waals surface area contributed by atoms with Crippen LogP contribution in [-0.4, -0.2) is 31.4 Å². The highest BCUT2D eigenvalue weighted by molar-refractivity contribution is 5.50. The number of ether oxygens (including phenoxy) is 2. The Morgan fingerprint density at radius 2 is 2.31 bits per heavy atom. The van der Waals surface area contributed by atoms with Crippen LogP contribution in [0.1, 0.15) is 12.8 Å². The lowest BCUT2D eigenvalue weighted by molar-refractivity contribution is 0.160. The van der Waals surface area contributed by atoms with E-state index in [1.807, 2.05) is 6.07 Å². The molecule has 0 radical (unpaired) electrons. The summed E-state index contributed by atoms with van der Waals surface area (Å²) in [6.07, 6.45) is 2.31. The van der Waals surface area contributed by atoms with E-state index in [0.717, 1.165) is 25.9 Å². The summed E-state index contributed by atoms with van der Waals surface area (Å²) in [7, 11) is 1.53. The molecule has 1 aromatic rings. The van der Waals surface area contributed by atoms with Crippen LogP contribution in [0.3, 0.4) is 0 Å². The maximum absolute atomic E-state index is 9.60. The second-order valence-corrected chi connectivity index (χ2v) is 3.89. The van der Waals surface area contributed by atoms with Crippen molar-refractivity contribution in [2.75, 3.05) is 20.2 Å². The molecule has 0 saturated carbocycles. The third-order valence-corrected chi connectivity index (χ3v) is 2.71. The molecule has 0 aromatic heterocycles. The average Bonchev–Trinajstić information content (AvgIpc) is 2.31. The SMILES string of the molecule is COc1c(O)cccc1OC1CCCNC1. The minimum Gasteiger partial charge on any atom is -0.504 e. The first-order chi connectivity index (χ1) is 7.81. The predicted octanol–water partition coefficient (Wildman–Crippen LogP) is 1.53. The zero-order valence-electron chi connectivity index (χ0n) is 9.40. The van der Waals surface area contributed by atoms with E-state index in [2.05, 4.69) is 5.32 Å². The van der Waals surface area contributed by atoms with Crippen LogP contribution in [0, 0.1) is 0 Å². The molecule has 4 heteroatoms. The van der Waals surface area contributed by atoms with Crippen molar-refractivity contribution in [3.8, 4) is 17.2 Å². The van der Waals surface area contributed by atoms with E-state index >= 15 is 0 Å². The van der Waals surface area contributed by atoms with E-state index < -0.39 is 0 Å². The van der Waals surface area contributed by atoms with Gasteiger partial charge in [0.1, 0.15) is 6.10 Å². The van der Waals surface area contributed by atoms with Crippen molar-refractivity contribution in [3.63, 3.8) is 0 Å². The molecule has 88 valence electrons. The number of methoxy groups -OCH3 is 1. The van der Waals surface area contributed by atoms with Gasteiger partial charge in [-0.2, -0.15) is 0 Å². The van der Waals surface area contributed by atoms with Gasteiger partial charge in [0.25, 0.3) is 0 Å². The third-order valence-electron chi connectivity index (χ3n) is 2.71. The molecular formula is C12H17NO3. The molecule has 1 heterocycles. The number of para-hydroxylation sites is 1. The molecule has 1 aromatic carbocycles. The van der Waals surface area contributed by atoms with Crippen LogP contribution in [0.4, 0.5) is 0 Å². The molecule has 2 N–H and O–H groups in total. The smallest absolute Gasteiger partial charge is 0.203 e. The van der Waals surface area contributed by atoms with E-state index in [0.29, 0.717) is 11.5 Å². The lowest BCUT2D eigenvalue weighted by atomic mass is 10.1. The van der Waals surface area contributed by atoms with Gasteiger partial charge in [-0.05, 0) is 31.5 Å². The summed E-state index contributed by atoms with van der Waals surface area (Å²) in [4.78, 5) is 0. The summed E-state index contributed by atoms with van der Waals surface area (Å²) in [5, 5.41) is 12.9. The Hall–Kier alpha value is -1.42. The molecule has 4 nitrogen and oxygen atoms in total. The van der Waals surface area contributed by atoms with E-state index in [4.69, 9.17) is 9.47 Å². The van der Waals surface area contributed by atoms with Gasteiger partial charge in [0.15, 0.2) is 11.5 Å². The molecule has 0 spiro atoms. The number of phenolic OH excluding ortho intramolecular Hbond substituents is 1. The van der Waals surface area contributed by atoms with Crippen molar-refractivity contribution < 1.29 is 14.6 Å². The summed E-state index contributed by atoms with van der Waals surface area (Å²) in [6, 6.07) is 5.15. The summed E-state index contributed by atoms with van der Waals surface area (Å²) >= 11 is 0. The van der Waals surface area contributed by atoms with Gasteiger partial charge < -0.3 is 19.9 Å². The molecule has 1 fully saturated rings. The molecule has 1 unspecified atom stereocenters. The van der Waals surface area contributed by atoms with Crippen LogP contribution in [-0.2, 0) is 0 Å². The predicted molar refractivity (Wildman–Crippen MR) is 61.2 cm³/mol. The first-order valence-corrected chi connectivity index (χ1v) is 5.54. The van der Waals surface area contributed by atoms with E-state index in [1.54, 1.807) is 12.1 Å². The maximum Gasteiger partial charge on any atom is 0.203 e. The van der Waals surface area contributed by atoms with Crippen LogP contribution in [0.5, 0.6) is 17.2 Å². The molecule has 0 amide bonds. The summed E-state index contributed by atoms with van der Waals surface area (Å²) in [5.74, 6) is 1.13. The zero-order chi connectivity index (χ0) is 11.4. The molecule has 1 aliphatic heterocycles. The van der Waals surface area contributed by atoms with Gasteiger partial charge in [0, 0.05) is 6.54 Å². The fraction of sp³-hybridized carbons (Fsp3) is 0.500. The molecule has 16 heavy (non-hydrogen) atoms. The van der Waals surface area contributed by atoms with Gasteiger partial charge in [-0.3, -0.25) is 0 Å². The van der Waals surface area contributed by atoms with Crippen molar-refractivity contribution in [3.05, 3.63) is 18.2 Å². The van der Waals surface area contributed by atoms with Gasteiger partial charge in [-0.25, -0.2) is 0 Å². The first kappa shape index (κ1) is 11.1. The lowest BCUT2D eigenvalue weighted by Crippen LogP contribution is -2.37. The Bertz CT molecular complexity index is 348. The highest BCUT2D eigenvalue weighted by Crippen LogP contribution is 2.36. The minimum atomic E-state index is 0.115. The van der Waals surface area contributed by atoms with Crippen molar-refractivity contribution in [1.82, 2.24) is 5.32 Å². The zero-order valence-corrected chi connectivity index (χ0v) is 9.40. The quantitative estimate of drug-likeness (QED) is 0.816. The van der Waals surface area contributed by atoms with Crippen LogP contribution >= 0.6 is 0 Å². The number of hydrogen-bond acceptors (Lipinski definition) is 4. The fourth-order valence-corrected chi connectivity index (χ4v) is 1.90. The molecule has 0 bridgehead atoms. The second-order valence-electron chi connectivity index (χ2n) is 3.89. The largest absolute Gasteiger partial charge is 0.504 e. The maximum atomic E-state index is 9.60. The Morgan fingerprint density at radius 3 is 3.00 bits per heavy atom. The summed E-state index contributed by atoms with van der Waals surface area (Å²) < 4.78 is 10.9. The number of hydrogen-bond donors (Lipinski definition) is 2. The van der Waals surface area contributed by atoms with Gasteiger partial charge >= 0.3 is 0 Å². The molecule has 1 atom stereocenters. The molecule has 0 aliphatic carbocycles. The summed E-state index contributed by atoms with van der Waals surface area (Å²) in [5.41, 5.74) is 0. The average molecular weight is 223 g/mol. The Kier molecular flexibility index (Phi) is 3.51. The number of aromatic hydroxyl groups is 1. The monoisotopic (exact) mass is 223 g/mol. The Labute approximate surface area is 95.2 Å². The molecule has 1 aliphatic rings. The van der Waals surface area contributed by atoms with Crippen molar-refractivity contribution in [2.45, 2.75) is 18.9 Å². The van der Waals surface area contributed by atoms with Crippen molar-refractivity contribution >= 4 is 0 Å². The topological polar surface area (TPSA) is 50.7 Å².